The fraction of sp³-hybridized carbons (Fsp3) is 0.938. The molecule has 6 unspecified atom stereocenters. The molecule has 2 saturated heterocycles. The Kier molecular flexibility index (Phi) is 75.4. The Labute approximate surface area is 740 Å². The van der Waals surface area contributed by atoms with Gasteiger partial charge in [-0.1, -0.05) is 388 Å². The third-order valence-electron chi connectivity index (χ3n) is 24.4. The smallest absolute Gasteiger partial charge is 0.462 e. The van der Waals surface area contributed by atoms with E-state index in [-0.39, 0.29) is 38.3 Å². The zero-order valence-electron chi connectivity index (χ0n) is 78.2. The van der Waals surface area contributed by atoms with Crippen LogP contribution in [0.25, 0.3) is 0 Å². The Hall–Kier alpha value is -3.23. The number of aliphatic hydroxyl groups excluding tert-OH is 5. The molecule has 0 saturated carbocycles. The number of carbonyl (C=O) groups excluding carboxylic acids is 6. The lowest BCUT2D eigenvalue weighted by Crippen LogP contribution is -2.66. The summed E-state index contributed by atoms with van der Waals surface area (Å²) < 4.78 is 62.2. The van der Waals surface area contributed by atoms with E-state index >= 15 is 4.79 Å². The van der Waals surface area contributed by atoms with Crippen molar-refractivity contribution in [2.45, 2.75) is 564 Å². The number of phosphoric ester groups is 1. The van der Waals surface area contributed by atoms with E-state index in [0.29, 0.717) is 51.4 Å². The first-order valence-corrected chi connectivity index (χ1v) is 51.7. The SMILES string of the molecule is CCCCCCCCCCCCCC(=O)O[C@H](CCCCCCCCCCC)CC(=O)CC1[C@H](OCC2O[C@H](O)C(NC(=O)C[C@H](O)CCCCCCCCCCC)[C@@H](OC(=O)C[C@H](O)CCCCCCCCCCC)C2O)OC(CO)C(OP(=O)(O)O)[C@@H]1OC(=O)C[C@@H](CCCCCCCCCCC)OC(=O)CCCCCCCCCCCCC.N. The zero-order chi connectivity index (χ0) is 88.6. The fourth-order valence-corrected chi connectivity index (χ4v) is 17.6. The van der Waals surface area contributed by atoms with Crippen LogP contribution in [0.2, 0.25) is 0 Å². The molecule has 1 amide bonds. The van der Waals surface area contributed by atoms with Crippen molar-refractivity contribution in [2.75, 3.05) is 13.2 Å². The van der Waals surface area contributed by atoms with Crippen LogP contribution in [0.4, 0.5) is 0 Å². The van der Waals surface area contributed by atoms with Gasteiger partial charge in [-0.25, -0.2) is 4.57 Å². The number of hydrogen-bond acceptors (Lipinski definition) is 21. The molecule has 24 nitrogen and oxygen atoms in total. The standard InChI is InChI=1S/C97H182NO22P.H3N/c1-7-13-19-25-31-37-39-45-51-57-63-69-87(104)114-81(67-61-55-49-43-35-29-23-17-11-5)71-80(102)72-83-93(118-90(107)75-82(68-62-56-50-44-36-30-24-18-12-6)115-88(105)70-64-58-52-46-40-38-32-26-20-14-8-2)94(120-121(110,111)112)84(76-99)117-97(83)113-77-85-92(108)95(119-89(106)74-79(101)66-60-54-48-42-34-28-22-16-10-4)91(96(109)116-85)98-86(103)73-78(100)65-59-53-47-41-33-27-21-15-9-3;/h78-79,81-85,91-97,99-101,108-109H,7-77H2,1-6H3,(H,98,103)(H2,110,111,112);1H3/t78-,79-,81-,82-,83?,84?,85?,91?,92?,93-,94?,95-,96+,97-;/m1./s1. The highest BCUT2D eigenvalue weighted by atomic mass is 31.2. The first-order chi connectivity index (χ1) is 58.6. The molecule has 25 heteroatoms. The molecule has 0 spiro atoms. The van der Waals surface area contributed by atoms with Gasteiger partial charge in [-0.05, 0) is 51.4 Å². The van der Waals surface area contributed by atoms with E-state index in [1.165, 1.54) is 148 Å². The average molecular weight is 1760 g/mol. The molecule has 122 heavy (non-hydrogen) atoms. The number of rotatable bonds is 85. The summed E-state index contributed by atoms with van der Waals surface area (Å²) in [5, 5.41) is 60.5. The van der Waals surface area contributed by atoms with Crippen LogP contribution in [-0.4, -0.2) is 164 Å². The molecule has 2 aliphatic rings. The highest BCUT2D eigenvalue weighted by Gasteiger charge is 2.54. The van der Waals surface area contributed by atoms with Crippen LogP contribution in [0.15, 0.2) is 0 Å². The molecule has 2 fully saturated rings. The quantitative estimate of drug-likeness (QED) is 0.0118. The predicted octanol–water partition coefficient (Wildman–Crippen LogP) is 22.5. The van der Waals surface area contributed by atoms with Crippen molar-refractivity contribution >= 4 is 43.4 Å². The van der Waals surface area contributed by atoms with E-state index in [1.807, 2.05) is 0 Å². The average Bonchev–Trinajstić information content (AvgIpc) is 0.777. The molecule has 0 aliphatic carbocycles. The van der Waals surface area contributed by atoms with Gasteiger partial charge in [-0.2, -0.15) is 0 Å². The molecular formula is C97H185N2O22P. The van der Waals surface area contributed by atoms with Crippen molar-refractivity contribution in [3.8, 4) is 0 Å². The molecule has 0 radical (unpaired) electrons. The molecule has 720 valence electrons. The largest absolute Gasteiger partial charge is 0.470 e. The molecule has 0 bridgehead atoms. The van der Waals surface area contributed by atoms with Gasteiger partial charge < -0.3 is 79.9 Å². The number of Topliss-reactive ketones (excluding diaryl/α,β-unsaturated/α-hetero) is 1. The second kappa shape index (κ2) is 78.8. The van der Waals surface area contributed by atoms with E-state index in [2.05, 4.69) is 46.9 Å². The summed E-state index contributed by atoms with van der Waals surface area (Å²) in [6, 6.07) is -1.63. The Morgan fingerprint density at radius 3 is 1.06 bits per heavy atom. The van der Waals surface area contributed by atoms with Crippen LogP contribution < -0.4 is 11.5 Å². The number of nitrogens with one attached hydrogen (secondary N) is 1. The lowest BCUT2D eigenvalue weighted by atomic mass is 9.85. The van der Waals surface area contributed by atoms with Crippen molar-refractivity contribution in [2.24, 2.45) is 5.92 Å². The second-order valence-electron chi connectivity index (χ2n) is 36.0. The Morgan fingerprint density at radius 1 is 0.377 bits per heavy atom. The fourth-order valence-electron chi connectivity index (χ4n) is 17.0. The molecule has 0 aromatic carbocycles. The van der Waals surface area contributed by atoms with Gasteiger partial charge in [-0.3, -0.25) is 33.3 Å². The monoisotopic (exact) mass is 1760 g/mol. The third kappa shape index (κ3) is 62.1. The number of hydrogen-bond donors (Lipinski definition) is 9. The van der Waals surface area contributed by atoms with Gasteiger partial charge in [0.05, 0.1) is 50.6 Å². The summed E-state index contributed by atoms with van der Waals surface area (Å²) >= 11 is 0. The summed E-state index contributed by atoms with van der Waals surface area (Å²) in [6.45, 7) is 11.3. The molecule has 2 heterocycles. The second-order valence-corrected chi connectivity index (χ2v) is 37.2. The van der Waals surface area contributed by atoms with Crippen LogP contribution in [-0.2, 0) is 71.0 Å². The summed E-state index contributed by atoms with van der Waals surface area (Å²) in [7, 11) is -5.59. The summed E-state index contributed by atoms with van der Waals surface area (Å²) in [6.07, 6.45) is 41.2. The van der Waals surface area contributed by atoms with Gasteiger partial charge in [0.1, 0.15) is 54.6 Å². The van der Waals surface area contributed by atoms with E-state index in [0.717, 1.165) is 186 Å². The highest BCUT2D eigenvalue weighted by molar-refractivity contribution is 7.46. The first-order valence-electron chi connectivity index (χ1n) is 50.2. The Morgan fingerprint density at radius 2 is 0.697 bits per heavy atom. The number of phosphoric acid groups is 1. The van der Waals surface area contributed by atoms with Gasteiger partial charge in [0.25, 0.3) is 0 Å². The van der Waals surface area contributed by atoms with Crippen molar-refractivity contribution in [1.29, 1.82) is 0 Å². The number of aliphatic hydroxyl groups is 5. The topological polar surface area (TPSA) is 382 Å². The van der Waals surface area contributed by atoms with Crippen molar-refractivity contribution < 1.29 is 106 Å². The van der Waals surface area contributed by atoms with E-state index in [4.69, 9.17) is 37.7 Å². The van der Waals surface area contributed by atoms with Crippen molar-refractivity contribution in [3.05, 3.63) is 0 Å². The minimum absolute atomic E-state index is 0. The zero-order valence-corrected chi connectivity index (χ0v) is 79.1. The summed E-state index contributed by atoms with van der Waals surface area (Å²) in [5.74, 6) is -5.77. The highest BCUT2D eigenvalue weighted by Crippen LogP contribution is 2.45. The number of esters is 4. The van der Waals surface area contributed by atoms with E-state index < -0.39 is 168 Å². The molecule has 0 aromatic heterocycles. The van der Waals surface area contributed by atoms with Gasteiger partial charge in [-0.15, -0.1) is 0 Å². The van der Waals surface area contributed by atoms with Crippen LogP contribution in [0.3, 0.4) is 0 Å². The van der Waals surface area contributed by atoms with Gasteiger partial charge in [0.15, 0.2) is 18.7 Å². The number of unbranched alkanes of at least 4 members (excludes halogenated alkanes) is 52. The minimum atomic E-state index is -5.59. The first kappa shape index (κ1) is 117. The maximum absolute atomic E-state index is 15.2. The number of amides is 1. The van der Waals surface area contributed by atoms with Crippen LogP contribution in [0.1, 0.15) is 485 Å². The predicted molar refractivity (Wildman–Crippen MR) is 485 cm³/mol. The van der Waals surface area contributed by atoms with Crippen LogP contribution >= 0.6 is 7.82 Å². The molecule has 2 aliphatic heterocycles. The molecule has 11 N–H and O–H groups in total. The molecule has 0 aromatic rings. The third-order valence-corrected chi connectivity index (χ3v) is 25.0. The van der Waals surface area contributed by atoms with Gasteiger partial charge in [0, 0.05) is 25.7 Å². The van der Waals surface area contributed by atoms with Crippen molar-refractivity contribution in [3.63, 3.8) is 0 Å². The van der Waals surface area contributed by atoms with Gasteiger partial charge >= 0.3 is 31.7 Å². The number of ether oxygens (including phenoxy) is 7. The Bertz CT molecular complexity index is 2550. The number of carbonyl (C=O) groups is 6. The summed E-state index contributed by atoms with van der Waals surface area (Å²) in [4.78, 5) is 107. The molecule has 2 rings (SSSR count). The van der Waals surface area contributed by atoms with Crippen LogP contribution in [0, 0.1) is 5.92 Å². The molecule has 14 atom stereocenters. The van der Waals surface area contributed by atoms with Crippen molar-refractivity contribution in [1.82, 2.24) is 11.5 Å². The van der Waals surface area contributed by atoms with Crippen LogP contribution in [0.5, 0.6) is 0 Å². The minimum Gasteiger partial charge on any atom is -0.462 e. The maximum Gasteiger partial charge on any atom is 0.470 e. The Balaban J connectivity index is 0.0000744. The molecular weight excluding hydrogens is 1580 g/mol. The normalized spacial score (nSPS) is 20.2. The maximum atomic E-state index is 15.2. The summed E-state index contributed by atoms with van der Waals surface area (Å²) in [5.41, 5.74) is 0. The lowest BCUT2D eigenvalue weighted by molar-refractivity contribution is -0.308. The van der Waals surface area contributed by atoms with Gasteiger partial charge in [0.2, 0.25) is 5.91 Å². The van der Waals surface area contributed by atoms with E-state index in [1.54, 1.807) is 0 Å². The number of ketones is 1. The lowest BCUT2D eigenvalue weighted by Gasteiger charge is -2.46. The van der Waals surface area contributed by atoms with E-state index in [9.17, 15) is 63.9 Å².